The molecule has 0 radical (unpaired) electrons. The molecule has 0 saturated heterocycles. The van der Waals surface area contributed by atoms with E-state index in [4.69, 9.17) is 10.5 Å². The van der Waals surface area contributed by atoms with Gasteiger partial charge in [-0.3, -0.25) is 14.4 Å². The van der Waals surface area contributed by atoms with Crippen LogP contribution in [0.25, 0.3) is 0 Å². The van der Waals surface area contributed by atoms with Crippen molar-refractivity contribution in [2.45, 2.75) is 64.3 Å². The minimum Gasteiger partial charge on any atom is -0.443 e. The van der Waals surface area contributed by atoms with E-state index >= 15 is 0 Å². The number of amides is 4. The van der Waals surface area contributed by atoms with Gasteiger partial charge in [-0.15, -0.1) is 6.58 Å². The number of alkyl carbamates (subject to hydrolysis) is 1. The third kappa shape index (κ3) is 11.4. The van der Waals surface area contributed by atoms with Crippen molar-refractivity contribution >= 4 is 33.7 Å². The normalized spacial score (nSPS) is 21.2. The number of carbonyl (C=O) groups is 4. The van der Waals surface area contributed by atoms with Crippen molar-refractivity contribution in [3.8, 4) is 0 Å². The first-order valence-corrected chi connectivity index (χ1v) is 13.1. The Kier molecular flexibility index (Phi) is 10.9. The molecule has 0 aromatic rings. The molecule has 0 aromatic heterocycles. The molecule has 13 heteroatoms. The minimum atomic E-state index is -3.41. The molecule has 1 aliphatic rings. The molecule has 0 aromatic carbocycles. The molecular weight excluding hydrogens is 480 g/mol. The van der Waals surface area contributed by atoms with Crippen LogP contribution >= 0.6 is 0 Å². The van der Waals surface area contributed by atoms with Crippen LogP contribution in [0.4, 0.5) is 4.79 Å². The highest BCUT2D eigenvalue weighted by Crippen LogP contribution is 2.24. The van der Waals surface area contributed by atoms with E-state index in [0.29, 0.717) is 0 Å². The number of carbonyl (C=O) groups excluding carboxylic acids is 4. The second kappa shape index (κ2) is 12.7. The van der Waals surface area contributed by atoms with Gasteiger partial charge in [0, 0.05) is 31.2 Å². The fraction of sp³-hybridized carbons (Fsp3) is 0.636. The van der Waals surface area contributed by atoms with E-state index in [0.717, 1.165) is 6.26 Å². The molecule has 0 spiro atoms. The molecule has 12 nitrogen and oxygen atoms in total. The molecule has 4 atom stereocenters. The number of aliphatic hydroxyl groups is 1. The monoisotopic (exact) mass is 516 g/mol. The van der Waals surface area contributed by atoms with Gasteiger partial charge >= 0.3 is 6.09 Å². The van der Waals surface area contributed by atoms with Crippen molar-refractivity contribution in [3.63, 3.8) is 0 Å². The van der Waals surface area contributed by atoms with Crippen LogP contribution in [-0.2, 0) is 29.0 Å². The summed E-state index contributed by atoms with van der Waals surface area (Å²) in [4.78, 5) is 49.2. The van der Waals surface area contributed by atoms with Crippen LogP contribution in [0.1, 0.15) is 40.0 Å². The van der Waals surface area contributed by atoms with E-state index < -0.39 is 57.9 Å². The zero-order valence-electron chi connectivity index (χ0n) is 20.5. The van der Waals surface area contributed by atoms with E-state index in [1.165, 1.54) is 12.2 Å². The molecule has 6 N–H and O–H groups in total. The second-order valence-electron chi connectivity index (χ2n) is 9.68. The molecule has 0 heterocycles. The average Bonchev–Trinajstić information content (AvgIpc) is 2.69. The highest BCUT2D eigenvalue weighted by molar-refractivity contribution is 7.90. The molecule has 1 rings (SSSR count). The summed E-state index contributed by atoms with van der Waals surface area (Å²) < 4.78 is 28.1. The molecule has 4 amide bonds. The zero-order chi connectivity index (χ0) is 27.0. The number of nitrogens with two attached hydrogens (primary N) is 1. The predicted octanol–water partition coefficient (Wildman–Crippen LogP) is -0.716. The Bertz CT molecular complexity index is 955. The first kappa shape index (κ1) is 30.1. The maximum absolute atomic E-state index is 12.9. The van der Waals surface area contributed by atoms with Gasteiger partial charge < -0.3 is 31.5 Å². The van der Waals surface area contributed by atoms with Gasteiger partial charge in [0.25, 0.3) is 0 Å². The largest absolute Gasteiger partial charge is 0.443 e. The van der Waals surface area contributed by atoms with E-state index in [1.807, 2.05) is 20.8 Å². The smallest absolute Gasteiger partial charge is 0.407 e. The minimum absolute atomic E-state index is 0.0171. The van der Waals surface area contributed by atoms with Crippen LogP contribution in [0.15, 0.2) is 24.3 Å². The van der Waals surface area contributed by atoms with Gasteiger partial charge in [-0.05, 0) is 11.8 Å². The number of sulfone groups is 1. The zero-order valence-corrected chi connectivity index (χ0v) is 21.3. The van der Waals surface area contributed by atoms with E-state index in [9.17, 15) is 32.7 Å². The predicted molar refractivity (Wildman–Crippen MR) is 129 cm³/mol. The van der Waals surface area contributed by atoms with Gasteiger partial charge in [0.2, 0.25) is 17.7 Å². The molecule has 35 heavy (non-hydrogen) atoms. The molecule has 198 valence electrons. The highest BCUT2D eigenvalue weighted by Gasteiger charge is 2.38. The third-order valence-electron chi connectivity index (χ3n) is 4.94. The van der Waals surface area contributed by atoms with Crippen LogP contribution in [0.5, 0.6) is 0 Å². The second-order valence-corrected chi connectivity index (χ2v) is 11.9. The van der Waals surface area contributed by atoms with E-state index in [2.05, 4.69) is 22.5 Å². The van der Waals surface area contributed by atoms with Crippen LogP contribution in [0, 0.1) is 5.41 Å². The summed E-state index contributed by atoms with van der Waals surface area (Å²) in [7, 11) is -3.41. The Morgan fingerprint density at radius 1 is 1.31 bits per heavy atom. The Labute approximate surface area is 205 Å². The summed E-state index contributed by atoms with van der Waals surface area (Å²) >= 11 is 0. The molecule has 0 fully saturated rings. The Morgan fingerprint density at radius 3 is 2.46 bits per heavy atom. The molecule has 0 aliphatic heterocycles. The maximum atomic E-state index is 12.9. The lowest BCUT2D eigenvalue weighted by Crippen LogP contribution is -2.54. The Hall–Kier alpha value is -2.93. The lowest BCUT2D eigenvalue weighted by atomic mass is 9.88. The SMILES string of the molecule is C=CCNC(=O)OC1CC(C(=O)NC(CCS(C)(=O)=O)C(N)=O)=CC(NC(=O)CC(C)(C)C)C1O. The van der Waals surface area contributed by atoms with Gasteiger partial charge in [-0.1, -0.05) is 32.9 Å². The standard InChI is InChI=1S/C22H36N4O8S/c1-6-8-24-21(31)34-16-11-13(10-15(18(16)28)25-17(27)12-22(2,3)4)20(30)26-14(19(23)29)7-9-35(5,32)33/h6,10,14-16,18,28H,1,7-9,11-12H2,2-5H3,(H2,23,29)(H,24,31)(H,25,27)(H,26,30). The number of hydrogen-bond donors (Lipinski definition) is 5. The van der Waals surface area contributed by atoms with Gasteiger partial charge in [-0.2, -0.15) is 0 Å². The quantitative estimate of drug-likeness (QED) is 0.222. The van der Waals surface area contributed by atoms with Gasteiger partial charge in [0.15, 0.2) is 0 Å². The van der Waals surface area contributed by atoms with Crippen LogP contribution in [0.3, 0.4) is 0 Å². The van der Waals surface area contributed by atoms with Crippen LogP contribution in [-0.4, -0.2) is 80.2 Å². The van der Waals surface area contributed by atoms with E-state index in [-0.39, 0.29) is 42.5 Å². The van der Waals surface area contributed by atoms with Gasteiger partial charge in [0.1, 0.15) is 28.1 Å². The highest BCUT2D eigenvalue weighted by atomic mass is 32.2. The number of rotatable bonds is 11. The van der Waals surface area contributed by atoms with Crippen molar-refractivity contribution < 1.29 is 37.4 Å². The fourth-order valence-electron chi connectivity index (χ4n) is 3.28. The average molecular weight is 517 g/mol. The number of aliphatic hydroxyl groups excluding tert-OH is 1. The van der Waals surface area contributed by atoms with Crippen molar-refractivity contribution in [1.82, 2.24) is 16.0 Å². The van der Waals surface area contributed by atoms with Crippen molar-refractivity contribution in [3.05, 3.63) is 24.3 Å². The van der Waals surface area contributed by atoms with Gasteiger partial charge in [0.05, 0.1) is 11.8 Å². The summed E-state index contributed by atoms with van der Waals surface area (Å²) in [5, 5.41) is 18.1. The molecular formula is C22H36N4O8S. The first-order valence-electron chi connectivity index (χ1n) is 11.0. The fourth-order valence-corrected chi connectivity index (χ4v) is 3.94. The number of ether oxygens (including phenoxy) is 1. The van der Waals surface area contributed by atoms with Crippen molar-refractivity contribution in [2.75, 3.05) is 18.6 Å². The number of nitrogens with one attached hydrogen (secondary N) is 3. The summed E-state index contributed by atoms with van der Waals surface area (Å²) in [6.07, 6.45) is -0.0178. The summed E-state index contributed by atoms with van der Waals surface area (Å²) in [6, 6.07) is -2.34. The molecule has 0 saturated carbocycles. The molecule has 1 aliphatic carbocycles. The van der Waals surface area contributed by atoms with Gasteiger partial charge in [-0.25, -0.2) is 13.2 Å². The Morgan fingerprint density at radius 2 is 1.94 bits per heavy atom. The summed E-state index contributed by atoms with van der Waals surface area (Å²) in [6.45, 7) is 9.15. The van der Waals surface area contributed by atoms with E-state index in [1.54, 1.807) is 0 Å². The molecule has 4 unspecified atom stereocenters. The number of hydrogen-bond acceptors (Lipinski definition) is 8. The number of primary amides is 1. The topological polar surface area (TPSA) is 194 Å². The lowest BCUT2D eigenvalue weighted by Gasteiger charge is -2.34. The first-order chi connectivity index (χ1) is 16.0. The maximum Gasteiger partial charge on any atom is 0.407 e. The summed E-state index contributed by atoms with van der Waals surface area (Å²) in [5.74, 6) is -2.47. The van der Waals surface area contributed by atoms with Crippen molar-refractivity contribution in [2.24, 2.45) is 11.1 Å². The Balaban J connectivity index is 3.13. The van der Waals surface area contributed by atoms with Crippen molar-refractivity contribution in [1.29, 1.82) is 0 Å². The van der Waals surface area contributed by atoms with Crippen LogP contribution in [0.2, 0.25) is 0 Å². The molecule has 0 bridgehead atoms. The lowest BCUT2D eigenvalue weighted by molar-refractivity contribution is -0.126. The van der Waals surface area contributed by atoms with Crippen LogP contribution < -0.4 is 21.7 Å². The third-order valence-corrected chi connectivity index (χ3v) is 5.91. The summed E-state index contributed by atoms with van der Waals surface area (Å²) in [5.41, 5.74) is 4.98.